The predicted octanol–water partition coefficient (Wildman–Crippen LogP) is 4.77. The van der Waals surface area contributed by atoms with E-state index in [1.54, 1.807) is 4.74 Å². The third-order valence-corrected chi connectivity index (χ3v) is 4.77. The Hall–Kier alpha value is -3.86. The van der Waals surface area contributed by atoms with Crippen molar-refractivity contribution < 1.29 is 13.7 Å². The molecule has 6 aromatic rings. The summed E-state index contributed by atoms with van der Waals surface area (Å²) in [6, 6.07) is 21.9. The summed E-state index contributed by atoms with van der Waals surface area (Å²) in [5, 5.41) is 0.991. The monoisotopic (exact) mass is 352 g/mol. The Kier molecular flexibility index (Phi) is 2.82. The van der Waals surface area contributed by atoms with Gasteiger partial charge in [-0.3, -0.25) is 0 Å². The molecule has 0 saturated heterocycles. The van der Waals surface area contributed by atoms with E-state index >= 15 is 0 Å². The molecule has 2 aromatic carbocycles. The minimum absolute atomic E-state index is 0.612. The average molecular weight is 352 g/mol. The molecule has 6 rings (SSSR count). The molecule has 4 heterocycles. The Bertz CT molecular complexity index is 1410. The number of pyridine rings is 1. The van der Waals surface area contributed by atoms with Gasteiger partial charge in [-0.1, -0.05) is 12.1 Å². The van der Waals surface area contributed by atoms with E-state index in [2.05, 4.69) is 21.5 Å². The highest BCUT2D eigenvalue weighted by molar-refractivity contribution is 5.82. The molecule has 0 aliphatic carbocycles. The fraction of sp³-hybridized carbons (Fsp3) is 0. The van der Waals surface area contributed by atoms with Crippen LogP contribution in [0.1, 0.15) is 0 Å². The van der Waals surface area contributed by atoms with Crippen LogP contribution in [0.4, 0.5) is 0 Å². The molecule has 0 N–H and O–H groups in total. The minimum atomic E-state index is 0.612. The van der Waals surface area contributed by atoms with E-state index in [4.69, 9.17) is 8.94 Å². The highest BCUT2D eigenvalue weighted by Gasteiger charge is 2.17. The Morgan fingerprint density at radius 3 is 2.78 bits per heavy atom. The van der Waals surface area contributed by atoms with Gasteiger partial charge in [0.25, 0.3) is 5.69 Å². The van der Waals surface area contributed by atoms with E-state index in [0.29, 0.717) is 5.89 Å². The number of benzene rings is 2. The number of nitrogens with zero attached hydrogens (tertiary/aromatic N) is 3. The first-order valence-electron chi connectivity index (χ1n) is 8.72. The van der Waals surface area contributed by atoms with Crippen molar-refractivity contribution in [3.8, 4) is 17.1 Å². The Balaban J connectivity index is 1.46. The molecule has 0 aliphatic rings. The van der Waals surface area contributed by atoms with Gasteiger partial charge in [-0.25, -0.2) is 9.51 Å². The Morgan fingerprint density at radius 2 is 1.81 bits per heavy atom. The van der Waals surface area contributed by atoms with Crippen molar-refractivity contribution in [3.05, 3.63) is 85.3 Å². The lowest BCUT2D eigenvalue weighted by molar-refractivity contribution is -0.779. The number of rotatable bonds is 2. The summed E-state index contributed by atoms with van der Waals surface area (Å²) in [5.41, 5.74) is 5.47. The number of hydrogen-bond donors (Lipinski definition) is 0. The summed E-state index contributed by atoms with van der Waals surface area (Å²) < 4.78 is 15.7. The zero-order valence-electron chi connectivity index (χ0n) is 14.2. The van der Waals surface area contributed by atoms with E-state index in [9.17, 15) is 0 Å². The topological polar surface area (TPSA) is 47.5 Å². The summed E-state index contributed by atoms with van der Waals surface area (Å²) >= 11 is 0. The van der Waals surface area contributed by atoms with Crippen molar-refractivity contribution >= 4 is 27.6 Å². The van der Waals surface area contributed by atoms with Gasteiger partial charge in [0, 0.05) is 34.8 Å². The van der Waals surface area contributed by atoms with Crippen LogP contribution >= 0.6 is 0 Å². The van der Waals surface area contributed by atoms with Crippen LogP contribution in [0.5, 0.6) is 0 Å². The van der Waals surface area contributed by atoms with Gasteiger partial charge in [0.05, 0.1) is 10.9 Å². The molecule has 0 atom stereocenters. The lowest BCUT2D eigenvalue weighted by Gasteiger charge is -1.93. The van der Waals surface area contributed by atoms with Crippen LogP contribution in [0, 0.1) is 0 Å². The second kappa shape index (κ2) is 5.32. The summed E-state index contributed by atoms with van der Waals surface area (Å²) in [5.74, 6) is 0.612. The highest BCUT2D eigenvalue weighted by atomic mass is 16.5. The van der Waals surface area contributed by atoms with E-state index in [1.165, 1.54) is 0 Å². The van der Waals surface area contributed by atoms with Crippen molar-refractivity contribution in [3.63, 3.8) is 0 Å². The Morgan fingerprint density at radius 1 is 0.852 bits per heavy atom. The number of fused-ring (bicyclic) bond motifs is 3. The standard InChI is InChI=1S/C22H14N3O2/c1-2-6-21-19(5-1)23-22(26-21)15-7-8-20-16(12-15)14-25(27-20)18-9-11-24-10-3-4-17(24)13-18/h1-14H/q+1. The fourth-order valence-electron chi connectivity index (χ4n) is 3.41. The second-order valence-corrected chi connectivity index (χ2v) is 6.51. The normalized spacial score (nSPS) is 11.7. The third kappa shape index (κ3) is 2.25. The van der Waals surface area contributed by atoms with Gasteiger partial charge < -0.3 is 8.82 Å². The fourth-order valence-corrected chi connectivity index (χ4v) is 3.41. The first-order chi connectivity index (χ1) is 13.3. The number of oxazole rings is 1. The molecule has 0 unspecified atom stereocenters. The molecular formula is C22H14N3O2+. The van der Waals surface area contributed by atoms with Crippen LogP contribution in [0.15, 0.2) is 94.3 Å². The van der Waals surface area contributed by atoms with E-state index in [1.807, 2.05) is 73.2 Å². The van der Waals surface area contributed by atoms with Crippen LogP contribution in [-0.2, 0) is 0 Å². The molecule has 0 amide bonds. The quantitative estimate of drug-likeness (QED) is 0.422. The van der Waals surface area contributed by atoms with Crippen molar-refractivity contribution in [2.24, 2.45) is 0 Å². The molecule has 0 aliphatic heterocycles. The Labute approximate surface area is 153 Å². The summed E-state index contributed by atoms with van der Waals surface area (Å²) in [4.78, 5) is 4.58. The van der Waals surface area contributed by atoms with E-state index in [0.717, 1.165) is 38.8 Å². The molecule has 27 heavy (non-hydrogen) atoms. The van der Waals surface area contributed by atoms with Crippen LogP contribution in [0.3, 0.4) is 0 Å². The van der Waals surface area contributed by atoms with Gasteiger partial charge in [0.1, 0.15) is 5.52 Å². The lowest BCUT2D eigenvalue weighted by Crippen LogP contribution is -2.26. The maximum Gasteiger partial charge on any atom is 0.261 e. The largest absolute Gasteiger partial charge is 0.436 e. The molecule has 0 saturated carbocycles. The predicted molar refractivity (Wildman–Crippen MR) is 102 cm³/mol. The zero-order valence-corrected chi connectivity index (χ0v) is 14.2. The number of hydrogen-bond acceptors (Lipinski definition) is 3. The first kappa shape index (κ1) is 14.3. The van der Waals surface area contributed by atoms with Crippen molar-refractivity contribution in [1.82, 2.24) is 9.38 Å². The SMILES string of the molecule is c1ccc2oc(-c3ccc4o[n+](-c5ccn6cccc6c5)cc4c3)nc2c1. The molecule has 0 bridgehead atoms. The van der Waals surface area contributed by atoms with Crippen molar-refractivity contribution in [1.29, 1.82) is 0 Å². The van der Waals surface area contributed by atoms with Gasteiger partial charge in [0.2, 0.25) is 17.7 Å². The smallest absolute Gasteiger partial charge is 0.261 e. The number of para-hydroxylation sites is 2. The highest BCUT2D eigenvalue weighted by Crippen LogP contribution is 2.27. The number of aromatic nitrogens is 3. The van der Waals surface area contributed by atoms with Gasteiger partial charge in [-0.2, -0.15) is 0 Å². The molecule has 0 spiro atoms. The van der Waals surface area contributed by atoms with Gasteiger partial charge in [-0.15, -0.1) is 0 Å². The summed E-state index contributed by atoms with van der Waals surface area (Å²) in [7, 11) is 0. The van der Waals surface area contributed by atoms with Gasteiger partial charge >= 0.3 is 0 Å². The second-order valence-electron chi connectivity index (χ2n) is 6.51. The van der Waals surface area contributed by atoms with Crippen molar-refractivity contribution in [2.45, 2.75) is 0 Å². The van der Waals surface area contributed by atoms with Gasteiger partial charge in [-0.05, 0) is 42.5 Å². The maximum absolute atomic E-state index is 5.99. The van der Waals surface area contributed by atoms with E-state index in [-0.39, 0.29) is 0 Å². The van der Waals surface area contributed by atoms with Crippen molar-refractivity contribution in [2.75, 3.05) is 0 Å². The molecular weight excluding hydrogens is 338 g/mol. The molecule has 128 valence electrons. The van der Waals surface area contributed by atoms with E-state index < -0.39 is 0 Å². The van der Waals surface area contributed by atoms with Crippen LogP contribution in [0.25, 0.3) is 44.7 Å². The summed E-state index contributed by atoms with van der Waals surface area (Å²) in [6.45, 7) is 0. The maximum atomic E-state index is 5.99. The molecule has 0 fully saturated rings. The lowest BCUT2D eigenvalue weighted by atomic mass is 10.2. The summed E-state index contributed by atoms with van der Waals surface area (Å²) in [6.07, 6.45) is 6.03. The molecule has 5 heteroatoms. The minimum Gasteiger partial charge on any atom is -0.436 e. The molecule has 4 aromatic heterocycles. The van der Waals surface area contributed by atoms with Gasteiger partial charge in [0.15, 0.2) is 5.58 Å². The van der Waals surface area contributed by atoms with Crippen LogP contribution in [0.2, 0.25) is 0 Å². The molecule has 5 nitrogen and oxygen atoms in total. The average Bonchev–Trinajstić information content (AvgIpc) is 3.42. The third-order valence-electron chi connectivity index (χ3n) is 4.77. The zero-order chi connectivity index (χ0) is 17.8. The first-order valence-corrected chi connectivity index (χ1v) is 8.72. The van der Waals surface area contributed by atoms with Crippen LogP contribution < -0.4 is 4.74 Å². The van der Waals surface area contributed by atoms with Crippen LogP contribution in [-0.4, -0.2) is 9.38 Å². The molecule has 0 radical (unpaired) electrons.